The summed E-state index contributed by atoms with van der Waals surface area (Å²) >= 11 is 3.17. The lowest BCUT2D eigenvalue weighted by Crippen LogP contribution is -2.06. The number of H-pyrrole nitrogens is 1. The zero-order chi connectivity index (χ0) is 10.0. The molecule has 4 nitrogen and oxygen atoms in total. The van der Waals surface area contributed by atoms with Gasteiger partial charge in [0.25, 0.3) is 0 Å². The minimum Gasteiger partial charge on any atom is -0.464 e. The van der Waals surface area contributed by atoms with E-state index in [2.05, 4.69) is 30.6 Å². The standard InChI is InChI=1S/C8H11BrN2O2/c1-4(2)5-6(7(12)13-3)11-8(9)10-5/h4H,1-3H3,(H,10,11). The highest BCUT2D eigenvalue weighted by atomic mass is 79.9. The fraction of sp³-hybridized carbons (Fsp3) is 0.500. The van der Waals surface area contributed by atoms with E-state index >= 15 is 0 Å². The van der Waals surface area contributed by atoms with E-state index in [9.17, 15) is 4.79 Å². The van der Waals surface area contributed by atoms with Crippen molar-refractivity contribution in [3.05, 3.63) is 16.1 Å². The number of rotatable bonds is 2. The van der Waals surface area contributed by atoms with E-state index in [1.807, 2.05) is 13.8 Å². The van der Waals surface area contributed by atoms with Crippen molar-refractivity contribution in [3.63, 3.8) is 0 Å². The average molecular weight is 247 g/mol. The lowest BCUT2D eigenvalue weighted by Gasteiger charge is -2.02. The number of hydrogen-bond donors (Lipinski definition) is 1. The molecule has 0 amide bonds. The van der Waals surface area contributed by atoms with Crippen molar-refractivity contribution in [2.75, 3.05) is 7.11 Å². The normalized spacial score (nSPS) is 10.5. The van der Waals surface area contributed by atoms with Crippen molar-refractivity contribution < 1.29 is 9.53 Å². The maximum absolute atomic E-state index is 11.2. The molecule has 13 heavy (non-hydrogen) atoms. The molecule has 1 aromatic rings. The van der Waals surface area contributed by atoms with Gasteiger partial charge in [-0.3, -0.25) is 0 Å². The summed E-state index contributed by atoms with van der Waals surface area (Å²) in [6, 6.07) is 0. The Kier molecular flexibility index (Phi) is 3.08. The molecule has 0 bridgehead atoms. The maximum Gasteiger partial charge on any atom is 0.358 e. The summed E-state index contributed by atoms with van der Waals surface area (Å²) < 4.78 is 5.15. The molecule has 1 rings (SSSR count). The quantitative estimate of drug-likeness (QED) is 0.814. The van der Waals surface area contributed by atoms with Crippen LogP contribution in [0.3, 0.4) is 0 Å². The number of carbonyl (C=O) groups excluding carboxylic acids is 1. The van der Waals surface area contributed by atoms with Gasteiger partial charge in [-0.2, -0.15) is 0 Å². The number of methoxy groups -OCH3 is 1. The molecule has 0 saturated heterocycles. The van der Waals surface area contributed by atoms with E-state index < -0.39 is 5.97 Å². The van der Waals surface area contributed by atoms with Crippen LogP contribution in [0.4, 0.5) is 0 Å². The molecule has 5 heteroatoms. The monoisotopic (exact) mass is 246 g/mol. The van der Waals surface area contributed by atoms with Crippen LogP contribution in [0.1, 0.15) is 35.9 Å². The van der Waals surface area contributed by atoms with Gasteiger partial charge in [-0.25, -0.2) is 9.78 Å². The summed E-state index contributed by atoms with van der Waals surface area (Å²) in [5.74, 6) is -0.196. The van der Waals surface area contributed by atoms with Crippen LogP contribution in [-0.4, -0.2) is 23.0 Å². The number of aromatic amines is 1. The van der Waals surface area contributed by atoms with Gasteiger partial charge in [0.15, 0.2) is 10.4 Å². The van der Waals surface area contributed by atoms with Gasteiger partial charge >= 0.3 is 5.97 Å². The molecule has 0 aliphatic rings. The second-order valence-electron chi connectivity index (χ2n) is 2.94. The minimum atomic E-state index is -0.411. The summed E-state index contributed by atoms with van der Waals surface area (Å²) in [7, 11) is 1.34. The number of carbonyl (C=O) groups is 1. The molecule has 0 fully saturated rings. The molecule has 0 aromatic carbocycles. The molecular formula is C8H11BrN2O2. The van der Waals surface area contributed by atoms with Crippen molar-refractivity contribution in [2.24, 2.45) is 0 Å². The number of nitrogens with zero attached hydrogens (tertiary/aromatic N) is 1. The Balaban J connectivity index is 3.11. The first-order valence-electron chi connectivity index (χ1n) is 3.90. The van der Waals surface area contributed by atoms with Crippen LogP contribution in [0, 0.1) is 0 Å². The first-order valence-corrected chi connectivity index (χ1v) is 4.69. The van der Waals surface area contributed by atoms with Gasteiger partial charge in [0.05, 0.1) is 12.8 Å². The van der Waals surface area contributed by atoms with Gasteiger partial charge in [0.1, 0.15) is 0 Å². The molecule has 0 unspecified atom stereocenters. The maximum atomic E-state index is 11.2. The molecular weight excluding hydrogens is 236 g/mol. The van der Waals surface area contributed by atoms with Crippen LogP contribution >= 0.6 is 15.9 Å². The van der Waals surface area contributed by atoms with Crippen molar-refractivity contribution in [1.29, 1.82) is 0 Å². The Hall–Kier alpha value is -0.840. The summed E-state index contributed by atoms with van der Waals surface area (Å²) in [4.78, 5) is 18.2. The number of ether oxygens (including phenoxy) is 1. The Morgan fingerprint density at radius 2 is 2.23 bits per heavy atom. The Morgan fingerprint density at radius 1 is 1.62 bits per heavy atom. The van der Waals surface area contributed by atoms with Crippen molar-refractivity contribution >= 4 is 21.9 Å². The summed E-state index contributed by atoms with van der Waals surface area (Å²) in [6.45, 7) is 3.96. The largest absolute Gasteiger partial charge is 0.464 e. The van der Waals surface area contributed by atoms with E-state index in [4.69, 9.17) is 0 Å². The smallest absolute Gasteiger partial charge is 0.358 e. The highest BCUT2D eigenvalue weighted by Crippen LogP contribution is 2.19. The fourth-order valence-electron chi connectivity index (χ4n) is 1.03. The molecule has 0 aliphatic heterocycles. The molecule has 0 saturated carbocycles. The van der Waals surface area contributed by atoms with Gasteiger partial charge in [-0.1, -0.05) is 13.8 Å². The Bertz CT molecular complexity index is 320. The van der Waals surface area contributed by atoms with E-state index in [0.717, 1.165) is 5.69 Å². The van der Waals surface area contributed by atoms with Crippen LogP contribution in [-0.2, 0) is 4.74 Å². The number of halogens is 1. The second-order valence-corrected chi connectivity index (χ2v) is 3.69. The topological polar surface area (TPSA) is 55.0 Å². The highest BCUT2D eigenvalue weighted by molar-refractivity contribution is 9.10. The summed E-state index contributed by atoms with van der Waals surface area (Å²) in [5, 5.41) is 0. The molecule has 1 aromatic heterocycles. The minimum absolute atomic E-state index is 0.216. The third-order valence-corrected chi connectivity index (χ3v) is 2.03. The van der Waals surface area contributed by atoms with Crippen molar-refractivity contribution in [1.82, 2.24) is 9.97 Å². The molecule has 0 atom stereocenters. The predicted octanol–water partition coefficient (Wildman–Crippen LogP) is 2.08. The summed E-state index contributed by atoms with van der Waals surface area (Å²) in [5.41, 5.74) is 1.14. The number of imidazole rings is 1. The van der Waals surface area contributed by atoms with Gasteiger partial charge < -0.3 is 9.72 Å². The van der Waals surface area contributed by atoms with E-state index in [0.29, 0.717) is 10.4 Å². The number of hydrogen-bond acceptors (Lipinski definition) is 3. The molecule has 0 aliphatic carbocycles. The molecule has 0 radical (unpaired) electrons. The third kappa shape index (κ3) is 2.09. The SMILES string of the molecule is COC(=O)c1nc(Br)[nH]c1C(C)C. The van der Waals surface area contributed by atoms with Crippen LogP contribution in [0.5, 0.6) is 0 Å². The number of nitrogens with one attached hydrogen (secondary N) is 1. The van der Waals surface area contributed by atoms with Gasteiger partial charge in [0, 0.05) is 0 Å². The first-order chi connectivity index (χ1) is 6.06. The zero-order valence-electron chi connectivity index (χ0n) is 7.72. The predicted molar refractivity (Wildman–Crippen MR) is 51.7 cm³/mol. The van der Waals surface area contributed by atoms with E-state index in [-0.39, 0.29) is 5.92 Å². The third-order valence-electron chi connectivity index (χ3n) is 1.66. The second kappa shape index (κ2) is 3.91. The summed E-state index contributed by atoms with van der Waals surface area (Å²) in [6.07, 6.45) is 0. The zero-order valence-corrected chi connectivity index (χ0v) is 9.31. The van der Waals surface area contributed by atoms with Crippen molar-refractivity contribution in [2.45, 2.75) is 19.8 Å². The Labute approximate surface area is 84.8 Å². The van der Waals surface area contributed by atoms with E-state index in [1.54, 1.807) is 0 Å². The van der Waals surface area contributed by atoms with Crippen molar-refractivity contribution in [3.8, 4) is 0 Å². The van der Waals surface area contributed by atoms with Gasteiger partial charge in [0.2, 0.25) is 0 Å². The fourth-order valence-corrected chi connectivity index (χ4v) is 1.42. The van der Waals surface area contributed by atoms with Crippen LogP contribution in [0.2, 0.25) is 0 Å². The molecule has 1 heterocycles. The highest BCUT2D eigenvalue weighted by Gasteiger charge is 2.18. The number of aromatic nitrogens is 2. The van der Waals surface area contributed by atoms with Crippen LogP contribution < -0.4 is 0 Å². The van der Waals surface area contributed by atoms with Crippen LogP contribution in [0.25, 0.3) is 0 Å². The van der Waals surface area contributed by atoms with Gasteiger partial charge in [-0.15, -0.1) is 0 Å². The molecule has 72 valence electrons. The van der Waals surface area contributed by atoms with Crippen LogP contribution in [0.15, 0.2) is 4.73 Å². The van der Waals surface area contributed by atoms with E-state index in [1.165, 1.54) is 7.11 Å². The number of esters is 1. The lowest BCUT2D eigenvalue weighted by molar-refractivity contribution is 0.0593. The Morgan fingerprint density at radius 3 is 2.69 bits per heavy atom. The lowest BCUT2D eigenvalue weighted by atomic mass is 10.1. The molecule has 1 N–H and O–H groups in total. The van der Waals surface area contributed by atoms with Gasteiger partial charge in [-0.05, 0) is 21.8 Å². The first kappa shape index (κ1) is 10.2. The average Bonchev–Trinajstić information content (AvgIpc) is 2.46. The molecule has 0 spiro atoms.